The van der Waals surface area contributed by atoms with Gasteiger partial charge in [0.2, 0.25) is 0 Å². The largest absolute Gasteiger partial charge is 0.508 e. The molecule has 0 aliphatic carbocycles. The molecule has 0 saturated heterocycles. The number of carbonyl (C=O) groups excluding carboxylic acids is 1. The van der Waals surface area contributed by atoms with Crippen molar-refractivity contribution in [2.24, 2.45) is 0 Å². The minimum absolute atomic E-state index is 0.140. The van der Waals surface area contributed by atoms with Gasteiger partial charge in [-0.1, -0.05) is 49.4 Å². The average molecular weight is 359 g/mol. The number of benzene rings is 3. The zero-order valence-corrected chi connectivity index (χ0v) is 15.0. The van der Waals surface area contributed by atoms with E-state index in [1.165, 1.54) is 12.1 Å². The highest BCUT2D eigenvalue weighted by Crippen LogP contribution is 2.31. The number of hydrogen-bond acceptors (Lipinski definition) is 3. The summed E-state index contributed by atoms with van der Waals surface area (Å²) in [5, 5.41) is 21.9. The second-order valence-corrected chi connectivity index (χ2v) is 6.12. The molecule has 3 aromatic rings. The van der Waals surface area contributed by atoms with E-state index in [1.807, 2.05) is 37.3 Å². The summed E-state index contributed by atoms with van der Waals surface area (Å²) in [6.45, 7) is 2.01. The molecule has 0 spiro atoms. The van der Waals surface area contributed by atoms with Crippen molar-refractivity contribution in [2.75, 3.05) is 5.32 Å². The van der Waals surface area contributed by atoms with Crippen molar-refractivity contribution >= 4 is 22.7 Å². The fraction of sp³-hybridized carbons (Fsp3) is 0.0870. The van der Waals surface area contributed by atoms with Gasteiger partial charge in [0.25, 0.3) is 5.91 Å². The van der Waals surface area contributed by atoms with E-state index in [1.54, 1.807) is 36.4 Å². The standard InChI is InChI=1S/C23H21NO3/c1-2-21(16-6-4-3-5-7-16)22(17-8-12-19(25)13-9-17)23(27)24-18-10-14-20(26)15-11-18/h3-15,25-26H,2H2,1H3,(H,24,27)/b22-21+. The van der Waals surface area contributed by atoms with Crippen molar-refractivity contribution in [1.82, 2.24) is 0 Å². The molecule has 3 rings (SSSR count). The number of phenols is 2. The third-order valence-corrected chi connectivity index (χ3v) is 4.29. The Morgan fingerprint density at radius 3 is 1.89 bits per heavy atom. The summed E-state index contributed by atoms with van der Waals surface area (Å²) < 4.78 is 0. The summed E-state index contributed by atoms with van der Waals surface area (Å²) >= 11 is 0. The Morgan fingerprint density at radius 1 is 0.778 bits per heavy atom. The van der Waals surface area contributed by atoms with Crippen molar-refractivity contribution < 1.29 is 15.0 Å². The predicted octanol–water partition coefficient (Wildman–Crippen LogP) is 5.06. The number of allylic oxidation sites excluding steroid dienone is 1. The van der Waals surface area contributed by atoms with Crippen molar-refractivity contribution in [3.63, 3.8) is 0 Å². The molecule has 0 fully saturated rings. The number of phenolic OH excluding ortho intramolecular Hbond substituents is 2. The van der Waals surface area contributed by atoms with Crippen LogP contribution in [0.15, 0.2) is 78.9 Å². The highest BCUT2D eigenvalue weighted by atomic mass is 16.3. The zero-order chi connectivity index (χ0) is 19.2. The van der Waals surface area contributed by atoms with Gasteiger partial charge in [0.15, 0.2) is 0 Å². The summed E-state index contributed by atoms with van der Waals surface area (Å²) in [6.07, 6.45) is 0.670. The fourth-order valence-corrected chi connectivity index (χ4v) is 2.97. The van der Waals surface area contributed by atoms with Gasteiger partial charge in [-0.05, 0) is 59.5 Å². The van der Waals surface area contributed by atoms with Crippen LogP contribution in [0, 0.1) is 0 Å². The molecule has 0 aromatic heterocycles. The van der Waals surface area contributed by atoms with E-state index in [4.69, 9.17) is 0 Å². The van der Waals surface area contributed by atoms with Crippen LogP contribution in [0.1, 0.15) is 24.5 Å². The lowest BCUT2D eigenvalue weighted by atomic mass is 9.92. The molecule has 0 radical (unpaired) electrons. The highest BCUT2D eigenvalue weighted by Gasteiger charge is 2.18. The molecular formula is C23H21NO3. The lowest BCUT2D eigenvalue weighted by Gasteiger charge is -2.16. The summed E-state index contributed by atoms with van der Waals surface area (Å²) in [7, 11) is 0. The van der Waals surface area contributed by atoms with E-state index in [2.05, 4.69) is 5.32 Å². The predicted molar refractivity (Wildman–Crippen MR) is 108 cm³/mol. The second kappa shape index (κ2) is 8.23. The molecule has 0 aliphatic heterocycles. The molecule has 0 saturated carbocycles. The number of hydrogen-bond donors (Lipinski definition) is 3. The van der Waals surface area contributed by atoms with Crippen LogP contribution in [0.5, 0.6) is 11.5 Å². The molecule has 0 atom stereocenters. The number of amides is 1. The minimum atomic E-state index is -0.243. The van der Waals surface area contributed by atoms with E-state index < -0.39 is 0 Å². The van der Waals surface area contributed by atoms with Gasteiger partial charge in [0, 0.05) is 5.69 Å². The molecule has 0 bridgehead atoms. The monoisotopic (exact) mass is 359 g/mol. The van der Waals surface area contributed by atoms with E-state index in [9.17, 15) is 15.0 Å². The Labute approximate surface area is 158 Å². The Kier molecular flexibility index (Phi) is 5.57. The molecule has 0 aliphatic rings. The third kappa shape index (κ3) is 4.36. The Balaban J connectivity index is 2.09. The first-order valence-corrected chi connectivity index (χ1v) is 8.77. The maximum Gasteiger partial charge on any atom is 0.256 e. The quantitative estimate of drug-likeness (QED) is 0.339. The zero-order valence-electron chi connectivity index (χ0n) is 15.0. The Hall–Kier alpha value is -3.53. The highest BCUT2D eigenvalue weighted by molar-refractivity contribution is 6.31. The maximum absolute atomic E-state index is 13.2. The molecule has 3 N–H and O–H groups in total. The number of rotatable bonds is 5. The van der Waals surface area contributed by atoms with E-state index in [0.717, 1.165) is 16.7 Å². The van der Waals surface area contributed by atoms with E-state index >= 15 is 0 Å². The number of anilines is 1. The molecule has 1 amide bonds. The van der Waals surface area contributed by atoms with Crippen LogP contribution < -0.4 is 5.32 Å². The van der Waals surface area contributed by atoms with Crippen LogP contribution in [-0.4, -0.2) is 16.1 Å². The third-order valence-electron chi connectivity index (χ3n) is 4.29. The van der Waals surface area contributed by atoms with Crippen LogP contribution in [0.3, 0.4) is 0 Å². The van der Waals surface area contributed by atoms with Crippen molar-refractivity contribution in [1.29, 1.82) is 0 Å². The van der Waals surface area contributed by atoms with Gasteiger partial charge in [-0.15, -0.1) is 0 Å². The van der Waals surface area contributed by atoms with Gasteiger partial charge in [0.05, 0.1) is 5.57 Å². The molecule has 4 nitrogen and oxygen atoms in total. The van der Waals surface area contributed by atoms with Gasteiger partial charge < -0.3 is 15.5 Å². The molecule has 4 heteroatoms. The molecule has 136 valence electrons. The molecule has 3 aromatic carbocycles. The van der Waals surface area contributed by atoms with Crippen LogP contribution in [0.2, 0.25) is 0 Å². The van der Waals surface area contributed by atoms with Crippen molar-refractivity contribution in [2.45, 2.75) is 13.3 Å². The Bertz CT molecular complexity index is 943. The number of carbonyl (C=O) groups is 1. The van der Waals surface area contributed by atoms with Gasteiger partial charge >= 0.3 is 0 Å². The molecular weight excluding hydrogens is 338 g/mol. The summed E-state index contributed by atoms with van der Waals surface area (Å²) in [6, 6.07) is 22.7. The molecule has 0 unspecified atom stereocenters. The summed E-state index contributed by atoms with van der Waals surface area (Å²) in [4.78, 5) is 13.2. The Morgan fingerprint density at radius 2 is 1.33 bits per heavy atom. The number of aromatic hydroxyl groups is 2. The topological polar surface area (TPSA) is 69.6 Å². The smallest absolute Gasteiger partial charge is 0.256 e. The molecule has 0 heterocycles. The first-order chi connectivity index (χ1) is 13.1. The van der Waals surface area contributed by atoms with Gasteiger partial charge in [-0.3, -0.25) is 4.79 Å². The average Bonchev–Trinajstić information content (AvgIpc) is 2.69. The first-order valence-electron chi connectivity index (χ1n) is 8.77. The normalized spacial score (nSPS) is 11.6. The van der Waals surface area contributed by atoms with Gasteiger partial charge in [-0.2, -0.15) is 0 Å². The van der Waals surface area contributed by atoms with Crippen LogP contribution in [-0.2, 0) is 4.79 Å². The fourth-order valence-electron chi connectivity index (χ4n) is 2.97. The number of nitrogens with one attached hydrogen (secondary N) is 1. The van der Waals surface area contributed by atoms with Crippen LogP contribution >= 0.6 is 0 Å². The van der Waals surface area contributed by atoms with Crippen LogP contribution in [0.4, 0.5) is 5.69 Å². The summed E-state index contributed by atoms with van der Waals surface area (Å²) in [5.41, 5.74) is 3.76. The SMILES string of the molecule is CC/C(=C(\C(=O)Nc1ccc(O)cc1)c1ccc(O)cc1)c1ccccc1. The van der Waals surface area contributed by atoms with E-state index in [0.29, 0.717) is 17.7 Å². The van der Waals surface area contributed by atoms with Crippen molar-refractivity contribution in [3.8, 4) is 11.5 Å². The lowest BCUT2D eigenvalue weighted by Crippen LogP contribution is -2.15. The van der Waals surface area contributed by atoms with E-state index in [-0.39, 0.29) is 17.4 Å². The lowest BCUT2D eigenvalue weighted by molar-refractivity contribution is -0.111. The van der Waals surface area contributed by atoms with Crippen molar-refractivity contribution in [3.05, 3.63) is 90.0 Å². The summed E-state index contributed by atoms with van der Waals surface area (Å²) in [5.74, 6) is 0.0442. The van der Waals surface area contributed by atoms with Gasteiger partial charge in [-0.25, -0.2) is 0 Å². The maximum atomic E-state index is 13.2. The van der Waals surface area contributed by atoms with Gasteiger partial charge in [0.1, 0.15) is 11.5 Å². The first kappa shape index (κ1) is 18.3. The minimum Gasteiger partial charge on any atom is -0.508 e. The van der Waals surface area contributed by atoms with Crippen LogP contribution in [0.25, 0.3) is 11.1 Å². The second-order valence-electron chi connectivity index (χ2n) is 6.12. The molecule has 27 heavy (non-hydrogen) atoms.